The third-order valence-corrected chi connectivity index (χ3v) is 2.83. The summed E-state index contributed by atoms with van der Waals surface area (Å²) >= 11 is 0. The smallest absolute Gasteiger partial charge is 0.310 e. The molecule has 7 heteroatoms. The summed E-state index contributed by atoms with van der Waals surface area (Å²) in [5.74, 6) is -0.288. The molecule has 0 spiro atoms. The number of amides is 1. The highest BCUT2D eigenvalue weighted by Gasteiger charge is 2.34. The molecule has 0 radical (unpaired) electrons. The van der Waals surface area contributed by atoms with Crippen LogP contribution in [0.15, 0.2) is 18.2 Å². The molecule has 19 heavy (non-hydrogen) atoms. The summed E-state index contributed by atoms with van der Waals surface area (Å²) in [6.07, 6.45) is -4.61. The molecule has 1 amide bonds. The number of hydrogen-bond acceptors (Lipinski definition) is 3. The summed E-state index contributed by atoms with van der Waals surface area (Å²) in [6.45, 7) is 0.927. The Balaban J connectivity index is 2.43. The zero-order chi connectivity index (χ0) is 14.0. The molecule has 0 unspecified atom stereocenters. The minimum atomic E-state index is -4.61. The van der Waals surface area contributed by atoms with Crippen LogP contribution < -0.4 is 10.2 Å². The number of carbonyl (C=O) groups is 1. The van der Waals surface area contributed by atoms with Crippen LogP contribution in [0.25, 0.3) is 0 Å². The molecule has 0 atom stereocenters. The van der Waals surface area contributed by atoms with E-state index in [4.69, 9.17) is 5.26 Å². The van der Waals surface area contributed by atoms with E-state index >= 15 is 0 Å². The Morgan fingerprint density at radius 3 is 2.68 bits per heavy atom. The second-order valence-corrected chi connectivity index (χ2v) is 4.06. The van der Waals surface area contributed by atoms with E-state index < -0.39 is 17.3 Å². The fourth-order valence-corrected chi connectivity index (χ4v) is 1.91. The van der Waals surface area contributed by atoms with Gasteiger partial charge < -0.3 is 10.2 Å². The van der Waals surface area contributed by atoms with E-state index in [-0.39, 0.29) is 18.1 Å². The van der Waals surface area contributed by atoms with Gasteiger partial charge in [0.05, 0.1) is 23.7 Å². The Morgan fingerprint density at radius 2 is 2.11 bits per heavy atom. The summed E-state index contributed by atoms with van der Waals surface area (Å²) < 4.78 is 38.4. The first-order valence-corrected chi connectivity index (χ1v) is 5.56. The Labute approximate surface area is 107 Å². The monoisotopic (exact) mass is 269 g/mol. The van der Waals surface area contributed by atoms with Crippen molar-refractivity contribution in [3.05, 3.63) is 29.3 Å². The lowest BCUT2D eigenvalue weighted by Crippen LogP contribution is -2.48. The molecule has 1 fully saturated rings. The van der Waals surface area contributed by atoms with Crippen molar-refractivity contribution in [2.45, 2.75) is 6.18 Å². The van der Waals surface area contributed by atoms with Gasteiger partial charge >= 0.3 is 6.18 Å². The highest BCUT2D eigenvalue weighted by molar-refractivity contribution is 5.95. The van der Waals surface area contributed by atoms with E-state index in [0.717, 1.165) is 12.1 Å². The normalized spacial score (nSPS) is 16.3. The predicted molar refractivity (Wildman–Crippen MR) is 61.4 cm³/mol. The number of carbonyl (C=O) groups excluding carboxylic acids is 1. The van der Waals surface area contributed by atoms with Crippen molar-refractivity contribution in [1.82, 2.24) is 5.32 Å². The molecule has 4 nitrogen and oxygen atoms in total. The van der Waals surface area contributed by atoms with Crippen molar-refractivity contribution in [2.75, 3.05) is 24.5 Å². The molecule has 0 aromatic heterocycles. The van der Waals surface area contributed by atoms with Crippen LogP contribution in [0, 0.1) is 11.3 Å². The Bertz CT molecular complexity index is 548. The lowest BCUT2D eigenvalue weighted by molar-refractivity contribution is -0.137. The van der Waals surface area contributed by atoms with Gasteiger partial charge in [0.25, 0.3) is 0 Å². The number of hydrogen-bond donors (Lipinski definition) is 1. The lowest BCUT2D eigenvalue weighted by atomic mass is 10.1. The van der Waals surface area contributed by atoms with Gasteiger partial charge in [0.1, 0.15) is 0 Å². The Kier molecular flexibility index (Phi) is 3.44. The standard InChI is InChI=1S/C12H10F3N3O/c13-12(14,15)10-5-9(2-1-8(10)6-16)18-4-3-17-7-11(18)19/h1-2,5,17H,3-4,7H2. The number of halogens is 3. The van der Waals surface area contributed by atoms with Gasteiger partial charge in [-0.1, -0.05) is 0 Å². The third kappa shape index (κ3) is 2.69. The molecular weight excluding hydrogens is 259 g/mol. The van der Waals surface area contributed by atoms with Crippen molar-refractivity contribution in [2.24, 2.45) is 0 Å². The van der Waals surface area contributed by atoms with Crippen LogP contribution >= 0.6 is 0 Å². The molecule has 1 N–H and O–H groups in total. The fourth-order valence-electron chi connectivity index (χ4n) is 1.91. The van der Waals surface area contributed by atoms with Gasteiger partial charge in [-0.25, -0.2) is 0 Å². The maximum absolute atomic E-state index is 12.8. The van der Waals surface area contributed by atoms with Crippen molar-refractivity contribution >= 4 is 11.6 Å². The average molecular weight is 269 g/mol. The minimum Gasteiger partial charge on any atom is -0.310 e. The first-order chi connectivity index (χ1) is 8.93. The molecular formula is C12H10F3N3O. The predicted octanol–water partition coefficient (Wildman–Crippen LogP) is 1.51. The van der Waals surface area contributed by atoms with Crippen molar-refractivity contribution in [3.63, 3.8) is 0 Å². The van der Waals surface area contributed by atoms with Crippen LogP contribution in [0.4, 0.5) is 18.9 Å². The Hall–Kier alpha value is -2.07. The largest absolute Gasteiger partial charge is 0.417 e. The molecule has 1 aliphatic heterocycles. The van der Waals surface area contributed by atoms with Gasteiger partial charge in [-0.3, -0.25) is 4.79 Å². The van der Waals surface area contributed by atoms with Gasteiger partial charge in [0.15, 0.2) is 0 Å². The van der Waals surface area contributed by atoms with Crippen molar-refractivity contribution in [1.29, 1.82) is 5.26 Å². The maximum atomic E-state index is 12.8. The molecule has 0 saturated carbocycles. The minimum absolute atomic E-state index is 0.0986. The van der Waals surface area contributed by atoms with Crippen molar-refractivity contribution < 1.29 is 18.0 Å². The molecule has 2 rings (SSSR count). The second kappa shape index (κ2) is 4.90. The van der Waals surface area contributed by atoms with Gasteiger partial charge in [-0.2, -0.15) is 18.4 Å². The van der Waals surface area contributed by atoms with Gasteiger partial charge in [-0.05, 0) is 18.2 Å². The van der Waals surface area contributed by atoms with E-state index in [2.05, 4.69) is 5.32 Å². The van der Waals surface area contributed by atoms with E-state index in [1.807, 2.05) is 0 Å². The van der Waals surface area contributed by atoms with Crippen LogP contribution in [0.2, 0.25) is 0 Å². The Morgan fingerprint density at radius 1 is 1.37 bits per heavy atom. The summed E-state index contributed by atoms with van der Waals surface area (Å²) in [4.78, 5) is 12.9. The number of nitrogens with one attached hydrogen (secondary N) is 1. The zero-order valence-electron chi connectivity index (χ0n) is 9.79. The van der Waals surface area contributed by atoms with Gasteiger partial charge in [0, 0.05) is 18.8 Å². The van der Waals surface area contributed by atoms with Gasteiger partial charge in [-0.15, -0.1) is 0 Å². The molecule has 1 aliphatic rings. The molecule has 0 aliphatic carbocycles. The third-order valence-electron chi connectivity index (χ3n) is 2.83. The number of benzene rings is 1. The van der Waals surface area contributed by atoms with Crippen LogP contribution in [-0.2, 0) is 11.0 Å². The number of nitriles is 1. The quantitative estimate of drug-likeness (QED) is 0.840. The molecule has 1 saturated heterocycles. The fraction of sp³-hybridized carbons (Fsp3) is 0.333. The molecule has 0 bridgehead atoms. The second-order valence-electron chi connectivity index (χ2n) is 4.06. The maximum Gasteiger partial charge on any atom is 0.417 e. The number of nitrogens with zero attached hydrogens (tertiary/aromatic N) is 2. The van der Waals surface area contributed by atoms with Crippen LogP contribution in [-0.4, -0.2) is 25.5 Å². The zero-order valence-corrected chi connectivity index (χ0v) is 9.79. The van der Waals surface area contributed by atoms with Crippen molar-refractivity contribution in [3.8, 4) is 6.07 Å². The average Bonchev–Trinajstić information content (AvgIpc) is 2.37. The van der Waals surface area contributed by atoms with Crippen LogP contribution in [0.1, 0.15) is 11.1 Å². The summed E-state index contributed by atoms with van der Waals surface area (Å²) in [5.41, 5.74) is -1.30. The van der Waals surface area contributed by atoms with Crippen LogP contribution in [0.3, 0.4) is 0 Å². The number of anilines is 1. The number of piperazine rings is 1. The highest BCUT2D eigenvalue weighted by atomic mass is 19.4. The summed E-state index contributed by atoms with van der Waals surface area (Å²) in [6, 6.07) is 4.81. The van der Waals surface area contributed by atoms with E-state index in [0.29, 0.717) is 13.1 Å². The first-order valence-electron chi connectivity index (χ1n) is 5.56. The molecule has 1 heterocycles. The number of rotatable bonds is 1. The van der Waals surface area contributed by atoms with Crippen LogP contribution in [0.5, 0.6) is 0 Å². The number of alkyl halides is 3. The first kappa shape index (κ1) is 13.4. The molecule has 100 valence electrons. The lowest BCUT2D eigenvalue weighted by Gasteiger charge is -2.28. The molecule has 1 aromatic carbocycles. The van der Waals surface area contributed by atoms with E-state index in [1.165, 1.54) is 17.0 Å². The summed E-state index contributed by atoms with van der Waals surface area (Å²) in [7, 11) is 0. The molecule has 1 aromatic rings. The summed E-state index contributed by atoms with van der Waals surface area (Å²) in [5, 5.41) is 11.5. The topological polar surface area (TPSA) is 56.1 Å². The van der Waals surface area contributed by atoms with Gasteiger partial charge in [0.2, 0.25) is 5.91 Å². The van der Waals surface area contributed by atoms with E-state index in [9.17, 15) is 18.0 Å². The highest BCUT2D eigenvalue weighted by Crippen LogP contribution is 2.34. The SMILES string of the molecule is N#Cc1ccc(N2CCNCC2=O)cc1C(F)(F)F. The van der Waals surface area contributed by atoms with E-state index in [1.54, 1.807) is 0 Å².